The third-order valence-corrected chi connectivity index (χ3v) is 9.96. The Morgan fingerprint density at radius 3 is 2.29 bits per heavy atom. The standard InChI is InChI=1S/C31H35BrClN3O4S/c1-22-19-26(33)17-18-29(22)36(41(39,40)28-11-7-4-8-12-28)21-30(37)35(20-24-13-15-25(32)16-14-24)23(2)31(38)34-27-9-5-3-6-10-27/h4,7-8,11-19,23,27H,3,5-6,9-10,20-21H2,1-2H3,(H,34,38)/t23-/m0/s1. The minimum absolute atomic E-state index is 0.0599. The summed E-state index contributed by atoms with van der Waals surface area (Å²) >= 11 is 9.61. The van der Waals surface area contributed by atoms with E-state index < -0.39 is 28.5 Å². The van der Waals surface area contributed by atoms with E-state index in [4.69, 9.17) is 11.6 Å². The van der Waals surface area contributed by atoms with E-state index >= 15 is 0 Å². The van der Waals surface area contributed by atoms with Gasteiger partial charge in [0, 0.05) is 22.1 Å². The molecular weight excluding hydrogens is 626 g/mol. The van der Waals surface area contributed by atoms with Crippen LogP contribution in [0.5, 0.6) is 0 Å². The number of rotatable bonds is 10. The Labute approximate surface area is 256 Å². The van der Waals surface area contributed by atoms with Gasteiger partial charge in [-0.2, -0.15) is 0 Å². The number of nitrogens with one attached hydrogen (secondary N) is 1. The minimum Gasteiger partial charge on any atom is -0.352 e. The topological polar surface area (TPSA) is 86.8 Å². The molecule has 1 aliphatic rings. The molecule has 7 nitrogen and oxygen atoms in total. The number of aryl methyl sites for hydroxylation is 1. The molecule has 41 heavy (non-hydrogen) atoms. The van der Waals surface area contributed by atoms with Crippen molar-refractivity contribution in [3.63, 3.8) is 0 Å². The zero-order valence-electron chi connectivity index (χ0n) is 23.2. The van der Waals surface area contributed by atoms with Crippen LogP contribution in [-0.4, -0.2) is 43.8 Å². The van der Waals surface area contributed by atoms with Crippen molar-refractivity contribution in [3.05, 3.63) is 93.4 Å². The molecule has 1 saturated carbocycles. The summed E-state index contributed by atoms with van der Waals surface area (Å²) in [5.41, 5.74) is 1.76. The van der Waals surface area contributed by atoms with Crippen LogP contribution in [0.1, 0.15) is 50.2 Å². The number of carbonyl (C=O) groups is 2. The van der Waals surface area contributed by atoms with Crippen molar-refractivity contribution >= 4 is 55.1 Å². The molecule has 0 unspecified atom stereocenters. The number of carbonyl (C=O) groups excluding carboxylic acids is 2. The fourth-order valence-electron chi connectivity index (χ4n) is 5.07. The number of benzene rings is 3. The maximum Gasteiger partial charge on any atom is 0.264 e. The average Bonchev–Trinajstić information content (AvgIpc) is 2.96. The summed E-state index contributed by atoms with van der Waals surface area (Å²) in [5, 5.41) is 3.58. The van der Waals surface area contributed by atoms with Crippen molar-refractivity contribution in [2.75, 3.05) is 10.8 Å². The second kappa shape index (κ2) is 13.9. The summed E-state index contributed by atoms with van der Waals surface area (Å²) in [4.78, 5) is 29.0. The van der Waals surface area contributed by atoms with Crippen LogP contribution in [0.3, 0.4) is 0 Å². The summed E-state index contributed by atoms with van der Waals surface area (Å²) in [7, 11) is -4.13. The van der Waals surface area contributed by atoms with Gasteiger partial charge in [0.2, 0.25) is 11.8 Å². The first-order chi connectivity index (χ1) is 19.6. The Kier molecular flexibility index (Phi) is 10.5. The van der Waals surface area contributed by atoms with E-state index in [-0.39, 0.29) is 23.4 Å². The van der Waals surface area contributed by atoms with Gasteiger partial charge in [0.05, 0.1) is 10.6 Å². The average molecular weight is 661 g/mol. The first-order valence-corrected chi connectivity index (χ1v) is 16.4. The lowest BCUT2D eigenvalue weighted by molar-refractivity contribution is -0.139. The molecule has 0 heterocycles. The van der Waals surface area contributed by atoms with E-state index in [9.17, 15) is 18.0 Å². The van der Waals surface area contributed by atoms with Crippen LogP contribution in [0.15, 0.2) is 82.2 Å². The molecule has 1 N–H and O–H groups in total. The Bertz CT molecular complexity index is 1460. The zero-order chi connectivity index (χ0) is 29.6. The highest BCUT2D eigenvalue weighted by Crippen LogP contribution is 2.29. The van der Waals surface area contributed by atoms with Crippen LogP contribution in [0.25, 0.3) is 0 Å². The molecule has 218 valence electrons. The molecule has 0 radical (unpaired) electrons. The van der Waals surface area contributed by atoms with Crippen LogP contribution in [0, 0.1) is 6.92 Å². The van der Waals surface area contributed by atoms with Gasteiger partial charge in [-0.05, 0) is 80.3 Å². The summed E-state index contributed by atoms with van der Waals surface area (Å²) in [6.07, 6.45) is 5.11. The Morgan fingerprint density at radius 1 is 1.00 bits per heavy atom. The number of halogens is 2. The lowest BCUT2D eigenvalue weighted by Crippen LogP contribution is -2.53. The van der Waals surface area contributed by atoms with Crippen molar-refractivity contribution in [2.45, 2.75) is 69.5 Å². The van der Waals surface area contributed by atoms with E-state index in [0.717, 1.165) is 46.4 Å². The molecule has 3 aromatic rings. The largest absolute Gasteiger partial charge is 0.352 e. The molecule has 4 rings (SSSR count). The number of hydrogen-bond acceptors (Lipinski definition) is 4. The molecule has 0 saturated heterocycles. The minimum atomic E-state index is -4.13. The van der Waals surface area contributed by atoms with Crippen molar-refractivity contribution in [3.8, 4) is 0 Å². The first kappa shape index (κ1) is 31.1. The molecule has 1 atom stereocenters. The highest BCUT2D eigenvalue weighted by atomic mass is 79.9. The van der Waals surface area contributed by atoms with Crippen molar-refractivity contribution in [1.82, 2.24) is 10.2 Å². The Balaban J connectivity index is 1.69. The monoisotopic (exact) mass is 659 g/mol. The van der Waals surface area contributed by atoms with Crippen LogP contribution < -0.4 is 9.62 Å². The van der Waals surface area contributed by atoms with Gasteiger partial charge in [-0.1, -0.05) is 77.1 Å². The highest BCUT2D eigenvalue weighted by Gasteiger charge is 2.33. The van der Waals surface area contributed by atoms with Crippen LogP contribution in [0.4, 0.5) is 5.69 Å². The van der Waals surface area contributed by atoms with Gasteiger partial charge >= 0.3 is 0 Å². The van der Waals surface area contributed by atoms with Crippen molar-refractivity contribution in [1.29, 1.82) is 0 Å². The molecule has 10 heteroatoms. The molecule has 1 aliphatic carbocycles. The molecule has 1 fully saturated rings. The molecule has 2 amide bonds. The van der Waals surface area contributed by atoms with E-state index in [1.165, 1.54) is 17.0 Å². The number of sulfonamides is 1. The third kappa shape index (κ3) is 7.90. The van der Waals surface area contributed by atoms with E-state index in [1.54, 1.807) is 50.2 Å². The molecule has 0 aliphatic heterocycles. The van der Waals surface area contributed by atoms with Crippen LogP contribution in [0.2, 0.25) is 5.02 Å². The summed E-state index contributed by atoms with van der Waals surface area (Å²) < 4.78 is 29.9. The van der Waals surface area contributed by atoms with Gasteiger partial charge in [-0.15, -0.1) is 0 Å². The van der Waals surface area contributed by atoms with Crippen LogP contribution >= 0.6 is 27.5 Å². The normalized spacial score (nSPS) is 14.7. The fourth-order valence-corrected chi connectivity index (χ4v) is 7.06. The zero-order valence-corrected chi connectivity index (χ0v) is 26.4. The smallest absolute Gasteiger partial charge is 0.264 e. The SMILES string of the molecule is Cc1cc(Cl)ccc1N(CC(=O)N(Cc1ccc(Br)cc1)[C@@H](C)C(=O)NC1CCCCC1)S(=O)(=O)c1ccccc1. The quantitative estimate of drug-likeness (QED) is 0.270. The van der Waals surface area contributed by atoms with Gasteiger partial charge in [-0.25, -0.2) is 8.42 Å². The van der Waals surface area contributed by atoms with Gasteiger partial charge in [0.1, 0.15) is 12.6 Å². The maximum absolute atomic E-state index is 14.1. The number of nitrogens with zero attached hydrogens (tertiary/aromatic N) is 2. The summed E-state index contributed by atoms with van der Waals surface area (Å²) in [5.74, 6) is -0.740. The van der Waals surface area contributed by atoms with Gasteiger partial charge < -0.3 is 10.2 Å². The summed E-state index contributed by atoms with van der Waals surface area (Å²) in [6, 6.07) is 19.6. The highest BCUT2D eigenvalue weighted by molar-refractivity contribution is 9.10. The van der Waals surface area contributed by atoms with Gasteiger partial charge in [0.15, 0.2) is 0 Å². The second-order valence-electron chi connectivity index (χ2n) is 10.4. The maximum atomic E-state index is 14.1. The summed E-state index contributed by atoms with van der Waals surface area (Å²) in [6.45, 7) is 3.10. The van der Waals surface area contributed by atoms with Crippen LogP contribution in [-0.2, 0) is 26.2 Å². The Hall–Kier alpha value is -2.88. The molecule has 0 spiro atoms. The predicted octanol–water partition coefficient (Wildman–Crippen LogP) is 6.47. The van der Waals surface area contributed by atoms with Crippen molar-refractivity contribution in [2.24, 2.45) is 0 Å². The van der Waals surface area contributed by atoms with E-state index in [0.29, 0.717) is 16.3 Å². The molecule has 0 aromatic heterocycles. The van der Waals surface area contributed by atoms with Crippen molar-refractivity contribution < 1.29 is 18.0 Å². The van der Waals surface area contributed by atoms with E-state index in [1.807, 2.05) is 24.3 Å². The number of amides is 2. The first-order valence-electron chi connectivity index (χ1n) is 13.7. The van der Waals surface area contributed by atoms with Gasteiger partial charge in [0.25, 0.3) is 10.0 Å². The fraction of sp³-hybridized carbons (Fsp3) is 0.355. The Morgan fingerprint density at radius 2 is 1.66 bits per heavy atom. The number of hydrogen-bond donors (Lipinski definition) is 1. The van der Waals surface area contributed by atoms with Gasteiger partial charge in [-0.3, -0.25) is 13.9 Å². The second-order valence-corrected chi connectivity index (χ2v) is 13.6. The number of anilines is 1. The molecule has 3 aromatic carbocycles. The molecule has 0 bridgehead atoms. The van der Waals surface area contributed by atoms with E-state index in [2.05, 4.69) is 21.2 Å². The third-order valence-electron chi connectivity index (χ3n) is 7.42. The predicted molar refractivity (Wildman–Crippen MR) is 166 cm³/mol. The molecular formula is C31H35BrClN3O4S. The lowest BCUT2D eigenvalue weighted by atomic mass is 9.95. The lowest BCUT2D eigenvalue weighted by Gasteiger charge is -2.33.